The van der Waals surface area contributed by atoms with Crippen LogP contribution in [0.25, 0.3) is 16.9 Å². The lowest BCUT2D eigenvalue weighted by Crippen LogP contribution is -2.15. The van der Waals surface area contributed by atoms with Crippen molar-refractivity contribution in [2.45, 2.75) is 6.18 Å². The number of benzene rings is 2. The van der Waals surface area contributed by atoms with E-state index in [0.29, 0.717) is 32.8 Å². The van der Waals surface area contributed by atoms with Crippen LogP contribution in [0.2, 0.25) is 0 Å². The summed E-state index contributed by atoms with van der Waals surface area (Å²) in [5.74, 6) is 0.00234. The van der Waals surface area contributed by atoms with Crippen LogP contribution in [-0.4, -0.2) is 34.7 Å². The van der Waals surface area contributed by atoms with E-state index in [4.69, 9.17) is 14.7 Å². The Morgan fingerprint density at radius 3 is 2.38 bits per heavy atom. The molecular formula is C23H16F3N5O3. The molecule has 4 aromatic rings. The Balaban J connectivity index is 1.82. The fraction of sp³-hybridized carbons (Fsp3) is 0.130. The summed E-state index contributed by atoms with van der Waals surface area (Å²) < 4.78 is 52.5. The maximum Gasteiger partial charge on any atom is 0.433 e. The molecule has 2 aromatic carbocycles. The first kappa shape index (κ1) is 22.6. The number of rotatable bonds is 5. The van der Waals surface area contributed by atoms with E-state index in [0.717, 1.165) is 12.3 Å². The third-order valence-electron chi connectivity index (χ3n) is 4.96. The zero-order valence-corrected chi connectivity index (χ0v) is 17.8. The monoisotopic (exact) mass is 467 g/mol. The van der Waals surface area contributed by atoms with Gasteiger partial charge >= 0.3 is 6.18 Å². The molecule has 0 unspecified atom stereocenters. The molecule has 34 heavy (non-hydrogen) atoms. The minimum atomic E-state index is -4.76. The molecule has 172 valence electrons. The molecule has 1 N–H and O–H groups in total. The van der Waals surface area contributed by atoms with Gasteiger partial charge in [0.1, 0.15) is 5.56 Å². The minimum absolute atomic E-state index is 0.0336. The van der Waals surface area contributed by atoms with Gasteiger partial charge < -0.3 is 14.8 Å². The lowest BCUT2D eigenvalue weighted by atomic mass is 10.1. The van der Waals surface area contributed by atoms with E-state index in [9.17, 15) is 18.0 Å². The third kappa shape index (κ3) is 4.21. The average molecular weight is 467 g/mol. The SMILES string of the molecule is COc1ccc(-c2cc(C(F)(F)F)n3ncc(C(=O)Nc4ccc(C#N)cc4)c3n2)cc1OC. The first-order valence-corrected chi connectivity index (χ1v) is 9.75. The Kier molecular flexibility index (Phi) is 5.81. The number of fused-ring (bicyclic) bond motifs is 1. The third-order valence-corrected chi connectivity index (χ3v) is 4.96. The molecule has 4 rings (SSSR count). The van der Waals surface area contributed by atoms with Gasteiger partial charge in [-0.1, -0.05) is 0 Å². The topological polar surface area (TPSA) is 102 Å². The number of hydrogen-bond donors (Lipinski definition) is 1. The summed E-state index contributed by atoms with van der Waals surface area (Å²) in [4.78, 5) is 17.1. The van der Waals surface area contributed by atoms with Gasteiger partial charge in [-0.25, -0.2) is 9.50 Å². The van der Waals surface area contributed by atoms with Crippen molar-refractivity contribution in [3.63, 3.8) is 0 Å². The molecule has 0 bridgehead atoms. The molecule has 0 radical (unpaired) electrons. The van der Waals surface area contributed by atoms with E-state index >= 15 is 0 Å². The van der Waals surface area contributed by atoms with Gasteiger partial charge in [0.25, 0.3) is 5.91 Å². The number of alkyl halides is 3. The van der Waals surface area contributed by atoms with Crippen LogP contribution in [0.1, 0.15) is 21.6 Å². The number of hydrogen-bond acceptors (Lipinski definition) is 6. The van der Waals surface area contributed by atoms with Crippen molar-refractivity contribution >= 4 is 17.2 Å². The van der Waals surface area contributed by atoms with Gasteiger partial charge in [-0.15, -0.1) is 0 Å². The molecule has 2 aromatic heterocycles. The maximum absolute atomic E-state index is 13.8. The smallest absolute Gasteiger partial charge is 0.433 e. The summed E-state index contributed by atoms with van der Waals surface area (Å²) in [6.07, 6.45) is -3.74. The molecule has 0 saturated heterocycles. The van der Waals surface area contributed by atoms with Crippen molar-refractivity contribution in [2.24, 2.45) is 0 Å². The number of nitrogens with zero attached hydrogens (tertiary/aromatic N) is 4. The zero-order valence-electron chi connectivity index (χ0n) is 17.8. The van der Waals surface area contributed by atoms with Crippen LogP contribution in [0, 0.1) is 11.3 Å². The Morgan fingerprint density at radius 1 is 1.06 bits per heavy atom. The molecule has 0 aliphatic carbocycles. The van der Waals surface area contributed by atoms with Crippen molar-refractivity contribution in [3.05, 3.63) is 71.5 Å². The van der Waals surface area contributed by atoms with E-state index in [1.165, 1.54) is 50.6 Å². The quantitative estimate of drug-likeness (QED) is 0.462. The number of nitrogens with one attached hydrogen (secondary N) is 1. The van der Waals surface area contributed by atoms with Crippen molar-refractivity contribution in [2.75, 3.05) is 19.5 Å². The lowest BCUT2D eigenvalue weighted by molar-refractivity contribution is -0.142. The summed E-state index contributed by atoms with van der Waals surface area (Å²) >= 11 is 0. The van der Waals surface area contributed by atoms with E-state index in [1.807, 2.05) is 6.07 Å². The van der Waals surface area contributed by atoms with Crippen molar-refractivity contribution in [1.29, 1.82) is 5.26 Å². The second-order valence-electron chi connectivity index (χ2n) is 7.03. The van der Waals surface area contributed by atoms with Crippen LogP contribution in [0.15, 0.2) is 54.7 Å². The van der Waals surface area contributed by atoms with Crippen LogP contribution in [0.4, 0.5) is 18.9 Å². The molecular weight excluding hydrogens is 451 g/mol. The maximum atomic E-state index is 13.8. The number of carbonyl (C=O) groups excluding carboxylic acids is 1. The summed E-state index contributed by atoms with van der Waals surface area (Å²) in [5.41, 5.74) is -0.484. The zero-order chi connectivity index (χ0) is 24.5. The predicted octanol–water partition coefficient (Wildman–Crippen LogP) is 4.56. The average Bonchev–Trinajstić information content (AvgIpc) is 3.27. The first-order valence-electron chi connectivity index (χ1n) is 9.75. The highest BCUT2D eigenvalue weighted by Crippen LogP contribution is 2.35. The number of methoxy groups -OCH3 is 2. The van der Waals surface area contributed by atoms with Gasteiger partial charge in [0.2, 0.25) is 0 Å². The largest absolute Gasteiger partial charge is 0.493 e. The van der Waals surface area contributed by atoms with Gasteiger partial charge in [0.05, 0.1) is 37.7 Å². The Hall–Kier alpha value is -4.59. The molecule has 0 fully saturated rings. The number of aromatic nitrogens is 3. The number of halogens is 3. The molecule has 1 amide bonds. The van der Waals surface area contributed by atoms with Crippen LogP contribution in [-0.2, 0) is 6.18 Å². The van der Waals surface area contributed by atoms with E-state index in [2.05, 4.69) is 15.4 Å². The summed E-state index contributed by atoms with van der Waals surface area (Å²) in [7, 11) is 2.84. The van der Waals surface area contributed by atoms with Crippen molar-refractivity contribution in [1.82, 2.24) is 14.6 Å². The Bertz CT molecular complexity index is 1420. The molecule has 0 atom stereocenters. The molecule has 8 nitrogen and oxygen atoms in total. The van der Waals surface area contributed by atoms with Crippen LogP contribution >= 0.6 is 0 Å². The molecule has 0 aliphatic heterocycles. The highest BCUT2D eigenvalue weighted by molar-refractivity contribution is 6.08. The number of ether oxygens (including phenoxy) is 2. The highest BCUT2D eigenvalue weighted by Gasteiger charge is 2.36. The van der Waals surface area contributed by atoms with Crippen molar-refractivity contribution < 1.29 is 27.4 Å². The van der Waals surface area contributed by atoms with Gasteiger partial charge in [0, 0.05) is 11.3 Å². The van der Waals surface area contributed by atoms with Crippen LogP contribution in [0.3, 0.4) is 0 Å². The number of nitriles is 1. The predicted molar refractivity (Wildman–Crippen MR) is 116 cm³/mol. The Labute approximate surface area is 191 Å². The molecule has 11 heteroatoms. The number of anilines is 1. The van der Waals surface area contributed by atoms with E-state index in [1.54, 1.807) is 6.07 Å². The van der Waals surface area contributed by atoms with E-state index < -0.39 is 17.8 Å². The fourth-order valence-electron chi connectivity index (χ4n) is 3.29. The minimum Gasteiger partial charge on any atom is -0.493 e. The van der Waals surface area contributed by atoms with Gasteiger partial charge in [0.15, 0.2) is 22.8 Å². The lowest BCUT2D eigenvalue weighted by Gasteiger charge is -2.13. The van der Waals surface area contributed by atoms with Gasteiger partial charge in [-0.3, -0.25) is 4.79 Å². The summed E-state index contributed by atoms with van der Waals surface area (Å²) in [5, 5.41) is 15.2. The first-order chi connectivity index (χ1) is 16.2. The van der Waals surface area contributed by atoms with Crippen LogP contribution in [0.5, 0.6) is 11.5 Å². The Morgan fingerprint density at radius 2 is 1.76 bits per heavy atom. The molecule has 2 heterocycles. The second-order valence-corrected chi connectivity index (χ2v) is 7.03. The van der Waals surface area contributed by atoms with Gasteiger partial charge in [-0.05, 0) is 48.5 Å². The van der Waals surface area contributed by atoms with Gasteiger partial charge in [-0.2, -0.15) is 23.5 Å². The molecule has 0 saturated carbocycles. The standard InChI is InChI=1S/C23H16F3N5O3/c1-33-18-8-5-14(9-19(18)34-2)17-10-20(23(24,25)26)31-21(30-17)16(12-28-31)22(32)29-15-6-3-13(11-27)4-7-15/h3-10,12H,1-2H3,(H,29,32). The highest BCUT2D eigenvalue weighted by atomic mass is 19.4. The normalized spacial score (nSPS) is 11.2. The number of carbonyl (C=O) groups is 1. The molecule has 0 spiro atoms. The fourth-order valence-corrected chi connectivity index (χ4v) is 3.29. The summed E-state index contributed by atoms with van der Waals surface area (Å²) in [6, 6.07) is 13.4. The number of amides is 1. The van der Waals surface area contributed by atoms with E-state index in [-0.39, 0.29) is 16.9 Å². The van der Waals surface area contributed by atoms with Crippen LogP contribution < -0.4 is 14.8 Å². The van der Waals surface area contributed by atoms with Crippen molar-refractivity contribution in [3.8, 4) is 28.8 Å². The summed E-state index contributed by atoms with van der Waals surface area (Å²) in [6.45, 7) is 0. The second kappa shape index (κ2) is 8.74. The molecule has 0 aliphatic rings.